The zero-order valence-electron chi connectivity index (χ0n) is 14.8. The number of benzene rings is 2. The van der Waals surface area contributed by atoms with Crippen LogP contribution in [0.25, 0.3) is 11.0 Å². The Kier molecular flexibility index (Phi) is 4.32. The van der Waals surface area contributed by atoms with Crippen LogP contribution in [0.5, 0.6) is 0 Å². The highest BCUT2D eigenvalue weighted by Crippen LogP contribution is 2.35. The monoisotopic (exact) mass is 364 g/mol. The number of hydrogen-bond acceptors (Lipinski definition) is 4. The van der Waals surface area contributed by atoms with Crippen LogP contribution < -0.4 is 0 Å². The van der Waals surface area contributed by atoms with Crippen LogP contribution >= 0.6 is 11.8 Å². The van der Waals surface area contributed by atoms with E-state index in [-0.39, 0.29) is 11.4 Å². The molecule has 0 N–H and O–H groups in total. The minimum atomic E-state index is -0.309. The van der Waals surface area contributed by atoms with Crippen molar-refractivity contribution >= 4 is 33.8 Å². The van der Waals surface area contributed by atoms with Crippen LogP contribution in [0.1, 0.15) is 30.0 Å². The average molecular weight is 364 g/mol. The van der Waals surface area contributed by atoms with Crippen LogP contribution in [0, 0.1) is 0 Å². The number of thioether (sulfide) groups is 1. The molecule has 0 aliphatic carbocycles. The molecule has 26 heavy (non-hydrogen) atoms. The Labute approximate surface area is 156 Å². The van der Waals surface area contributed by atoms with Crippen molar-refractivity contribution in [2.45, 2.75) is 25.9 Å². The number of nitrogens with zero attached hydrogens (tertiary/aromatic N) is 2. The molecule has 0 unspecified atom stereocenters. The van der Waals surface area contributed by atoms with E-state index in [0.29, 0.717) is 12.3 Å². The number of rotatable bonds is 3. The molecule has 4 nitrogen and oxygen atoms in total. The lowest BCUT2D eigenvalue weighted by Crippen LogP contribution is -2.46. The smallest absolute Gasteiger partial charge is 0.296 e. The van der Waals surface area contributed by atoms with E-state index in [9.17, 15) is 4.79 Å². The molecule has 0 radical (unpaired) electrons. The molecule has 2 aromatic carbocycles. The van der Waals surface area contributed by atoms with Gasteiger partial charge in [0.1, 0.15) is 5.58 Å². The third kappa shape index (κ3) is 3.15. The topological polar surface area (TPSA) is 45.8 Å². The van der Waals surface area contributed by atoms with Crippen LogP contribution in [0.4, 0.5) is 0 Å². The number of amides is 1. The van der Waals surface area contributed by atoms with Gasteiger partial charge < -0.3 is 4.42 Å². The van der Waals surface area contributed by atoms with Gasteiger partial charge in [0.05, 0.1) is 12.1 Å². The maximum atomic E-state index is 13.2. The van der Waals surface area contributed by atoms with Gasteiger partial charge in [-0.05, 0) is 31.5 Å². The van der Waals surface area contributed by atoms with Crippen molar-refractivity contribution in [3.8, 4) is 0 Å². The molecule has 1 aliphatic heterocycles. The molecular formula is C21H20N2O2S. The number of carbonyl (C=O) groups is 1. The highest BCUT2D eigenvalue weighted by Gasteiger charge is 2.42. The molecule has 0 atom stereocenters. The molecule has 0 spiro atoms. The largest absolute Gasteiger partial charge is 0.451 e. The Morgan fingerprint density at radius 1 is 1.15 bits per heavy atom. The second-order valence-corrected chi connectivity index (χ2v) is 7.92. The first-order chi connectivity index (χ1) is 12.5. The number of para-hydroxylation sites is 1. The van der Waals surface area contributed by atoms with Gasteiger partial charge in [0.25, 0.3) is 5.91 Å². The number of aliphatic imine (C=N–C) groups is 1. The Bertz CT molecular complexity index is 943. The molecule has 3 aromatic rings. The van der Waals surface area contributed by atoms with Gasteiger partial charge in [-0.3, -0.25) is 14.7 Å². The molecule has 1 amide bonds. The lowest BCUT2D eigenvalue weighted by molar-refractivity contribution is 0.0737. The SMILES string of the molecule is CC1(C)CSC(=NCc2ccccc2)N1C(=O)c1cc2ccccc2o1. The van der Waals surface area contributed by atoms with E-state index < -0.39 is 0 Å². The van der Waals surface area contributed by atoms with Gasteiger partial charge in [-0.1, -0.05) is 60.3 Å². The Hall–Kier alpha value is -2.53. The van der Waals surface area contributed by atoms with Crippen LogP contribution in [0.3, 0.4) is 0 Å². The number of fused-ring (bicyclic) bond motifs is 1. The van der Waals surface area contributed by atoms with Crippen molar-refractivity contribution in [3.63, 3.8) is 0 Å². The fraction of sp³-hybridized carbons (Fsp3) is 0.238. The van der Waals surface area contributed by atoms with E-state index in [4.69, 9.17) is 9.41 Å². The molecule has 132 valence electrons. The molecule has 1 saturated heterocycles. The summed E-state index contributed by atoms with van der Waals surface area (Å²) >= 11 is 1.62. The van der Waals surface area contributed by atoms with Gasteiger partial charge in [0.2, 0.25) is 0 Å². The average Bonchev–Trinajstić information content (AvgIpc) is 3.21. The lowest BCUT2D eigenvalue weighted by atomic mass is 10.1. The van der Waals surface area contributed by atoms with Gasteiger partial charge in [0.15, 0.2) is 10.9 Å². The van der Waals surface area contributed by atoms with Crippen LogP contribution in [-0.4, -0.2) is 27.3 Å². The maximum absolute atomic E-state index is 13.2. The van der Waals surface area contributed by atoms with E-state index in [0.717, 1.165) is 27.5 Å². The number of furan rings is 1. The Balaban J connectivity index is 1.65. The third-order valence-corrected chi connectivity index (χ3v) is 5.85. The molecule has 0 saturated carbocycles. The normalized spacial score (nSPS) is 17.9. The fourth-order valence-electron chi connectivity index (χ4n) is 3.05. The zero-order chi connectivity index (χ0) is 18.1. The van der Waals surface area contributed by atoms with Crippen molar-refractivity contribution in [2.75, 3.05) is 5.75 Å². The van der Waals surface area contributed by atoms with Crippen molar-refractivity contribution in [1.82, 2.24) is 4.90 Å². The van der Waals surface area contributed by atoms with E-state index in [1.165, 1.54) is 0 Å². The van der Waals surface area contributed by atoms with Crippen molar-refractivity contribution in [1.29, 1.82) is 0 Å². The first-order valence-corrected chi connectivity index (χ1v) is 9.57. The summed E-state index contributed by atoms with van der Waals surface area (Å²) in [7, 11) is 0. The molecule has 0 bridgehead atoms. The second kappa shape index (κ2) is 6.65. The summed E-state index contributed by atoms with van der Waals surface area (Å²) < 4.78 is 5.79. The van der Waals surface area contributed by atoms with Gasteiger partial charge in [-0.2, -0.15) is 0 Å². The molecular weight excluding hydrogens is 344 g/mol. The van der Waals surface area contributed by atoms with Crippen LogP contribution in [0.2, 0.25) is 0 Å². The molecule has 1 aromatic heterocycles. The molecule has 2 heterocycles. The second-order valence-electron chi connectivity index (χ2n) is 6.97. The van der Waals surface area contributed by atoms with Crippen LogP contribution in [-0.2, 0) is 6.54 Å². The maximum Gasteiger partial charge on any atom is 0.296 e. The minimum absolute atomic E-state index is 0.136. The van der Waals surface area contributed by atoms with Gasteiger partial charge in [-0.25, -0.2) is 0 Å². The molecule has 1 aliphatic rings. The molecule has 5 heteroatoms. The van der Waals surface area contributed by atoms with E-state index >= 15 is 0 Å². The summed E-state index contributed by atoms with van der Waals surface area (Å²) in [5.41, 5.74) is 1.54. The summed E-state index contributed by atoms with van der Waals surface area (Å²) in [4.78, 5) is 19.7. The minimum Gasteiger partial charge on any atom is -0.451 e. The first-order valence-electron chi connectivity index (χ1n) is 8.59. The molecule has 1 fully saturated rings. The summed E-state index contributed by atoms with van der Waals surface area (Å²) in [5.74, 6) is 1.03. The number of amidine groups is 1. The van der Waals surface area contributed by atoms with E-state index in [1.807, 2.05) is 60.7 Å². The van der Waals surface area contributed by atoms with Crippen molar-refractivity contribution in [3.05, 3.63) is 72.0 Å². The number of carbonyl (C=O) groups excluding carboxylic acids is 1. The Morgan fingerprint density at radius 3 is 2.65 bits per heavy atom. The van der Waals surface area contributed by atoms with Gasteiger partial charge in [-0.15, -0.1) is 0 Å². The first kappa shape index (κ1) is 16.9. The highest BCUT2D eigenvalue weighted by atomic mass is 32.2. The van der Waals surface area contributed by atoms with Gasteiger partial charge in [0, 0.05) is 11.1 Å². The van der Waals surface area contributed by atoms with E-state index in [2.05, 4.69) is 13.8 Å². The Morgan fingerprint density at radius 2 is 1.88 bits per heavy atom. The van der Waals surface area contributed by atoms with Crippen molar-refractivity contribution in [2.24, 2.45) is 4.99 Å². The molecule has 4 rings (SSSR count). The third-order valence-electron chi connectivity index (χ3n) is 4.43. The predicted molar refractivity (Wildman–Crippen MR) is 107 cm³/mol. The summed E-state index contributed by atoms with van der Waals surface area (Å²) in [5, 5.41) is 1.69. The lowest BCUT2D eigenvalue weighted by Gasteiger charge is -2.29. The van der Waals surface area contributed by atoms with Gasteiger partial charge >= 0.3 is 0 Å². The number of hydrogen-bond donors (Lipinski definition) is 0. The summed E-state index contributed by atoms with van der Waals surface area (Å²) in [6, 6.07) is 19.5. The quantitative estimate of drug-likeness (QED) is 0.660. The van der Waals surface area contributed by atoms with E-state index in [1.54, 1.807) is 16.7 Å². The highest BCUT2D eigenvalue weighted by molar-refractivity contribution is 8.14. The van der Waals surface area contributed by atoms with Crippen molar-refractivity contribution < 1.29 is 9.21 Å². The summed E-state index contributed by atoms with van der Waals surface area (Å²) in [6.07, 6.45) is 0. The zero-order valence-corrected chi connectivity index (χ0v) is 15.6. The fourth-order valence-corrected chi connectivity index (χ4v) is 4.27. The standard InChI is InChI=1S/C21H20N2O2S/c1-21(2)14-26-20(22-13-15-8-4-3-5-9-15)23(21)19(24)18-12-16-10-6-7-11-17(16)25-18/h3-12H,13-14H2,1-2H3. The summed E-state index contributed by atoms with van der Waals surface area (Å²) in [6.45, 7) is 4.68. The van der Waals surface area contributed by atoms with Crippen LogP contribution in [0.15, 0.2) is 70.1 Å². The predicted octanol–water partition coefficient (Wildman–Crippen LogP) is 4.96.